The van der Waals surface area contributed by atoms with Crippen LogP contribution in [0.25, 0.3) is 0 Å². The SMILES string of the molecule is CCC(C)c1ccc(O)c(O)c1.CCC(C)c1ccc(O)c(O)c1.[Ac].[Ac]. The molecule has 2 rings (SSSR count). The van der Waals surface area contributed by atoms with Crippen LogP contribution in [0.5, 0.6) is 23.0 Å². The molecule has 0 aromatic heterocycles. The summed E-state index contributed by atoms with van der Waals surface area (Å²) in [5, 5.41) is 36.5. The summed E-state index contributed by atoms with van der Waals surface area (Å²) >= 11 is 0. The summed E-state index contributed by atoms with van der Waals surface area (Å²) in [5.41, 5.74) is 2.13. The van der Waals surface area contributed by atoms with Gasteiger partial charge in [0.15, 0.2) is 23.0 Å². The van der Waals surface area contributed by atoms with Gasteiger partial charge in [0, 0.05) is 88.1 Å². The second-order valence-corrected chi connectivity index (χ2v) is 6.11. The van der Waals surface area contributed by atoms with Gasteiger partial charge in [-0.25, -0.2) is 0 Å². The van der Waals surface area contributed by atoms with Crippen molar-refractivity contribution >= 4 is 0 Å². The molecule has 4 N–H and O–H groups in total. The Morgan fingerprint density at radius 1 is 0.615 bits per heavy atom. The Balaban J connectivity index is 0. The van der Waals surface area contributed by atoms with Crippen molar-refractivity contribution in [2.75, 3.05) is 0 Å². The molecule has 2 radical (unpaired) electrons. The van der Waals surface area contributed by atoms with Crippen molar-refractivity contribution in [1.82, 2.24) is 0 Å². The summed E-state index contributed by atoms with van der Waals surface area (Å²) in [5.74, 6) is 0.678. The van der Waals surface area contributed by atoms with Gasteiger partial charge in [-0.1, -0.05) is 39.8 Å². The Hall–Kier alpha value is 0.523. The molecular weight excluding hydrogens is 758 g/mol. The van der Waals surface area contributed by atoms with E-state index >= 15 is 0 Å². The average Bonchev–Trinajstić information content (AvgIpc) is 2.58. The minimum absolute atomic E-state index is 0. The van der Waals surface area contributed by atoms with Crippen molar-refractivity contribution < 1.29 is 109 Å². The smallest absolute Gasteiger partial charge is 0.157 e. The van der Waals surface area contributed by atoms with Gasteiger partial charge in [0.05, 0.1) is 0 Å². The topological polar surface area (TPSA) is 80.9 Å². The van der Waals surface area contributed by atoms with Crippen LogP contribution in [0.1, 0.15) is 63.5 Å². The molecule has 26 heavy (non-hydrogen) atoms. The molecule has 2 aromatic rings. The Morgan fingerprint density at radius 3 is 1.15 bits per heavy atom. The van der Waals surface area contributed by atoms with Crippen molar-refractivity contribution in [3.8, 4) is 23.0 Å². The molecule has 0 spiro atoms. The predicted molar refractivity (Wildman–Crippen MR) is 97.0 cm³/mol. The summed E-state index contributed by atoms with van der Waals surface area (Å²) in [6.07, 6.45) is 2.06. The number of phenolic OH excluding ortho intramolecular Hbond substituents is 4. The largest absolute Gasteiger partial charge is 0.504 e. The van der Waals surface area contributed by atoms with E-state index in [0.717, 1.165) is 24.0 Å². The Morgan fingerprint density at radius 2 is 0.923 bits per heavy atom. The van der Waals surface area contributed by atoms with Crippen LogP contribution < -0.4 is 0 Å². The summed E-state index contributed by atoms with van der Waals surface area (Å²) in [7, 11) is 0. The number of aromatic hydroxyl groups is 4. The van der Waals surface area contributed by atoms with Gasteiger partial charge in [0.1, 0.15) is 0 Å². The molecule has 0 aliphatic heterocycles. The molecule has 2 atom stereocenters. The van der Waals surface area contributed by atoms with Crippen LogP contribution in [0.2, 0.25) is 0 Å². The summed E-state index contributed by atoms with van der Waals surface area (Å²) < 4.78 is 0. The maximum atomic E-state index is 9.19. The zero-order valence-corrected chi connectivity index (χ0v) is 25.5. The summed E-state index contributed by atoms with van der Waals surface area (Å²) in [4.78, 5) is 0. The van der Waals surface area contributed by atoms with Crippen LogP contribution in [-0.2, 0) is 0 Å². The molecule has 6 heteroatoms. The molecule has 2 unspecified atom stereocenters. The molecule has 0 fully saturated rings. The van der Waals surface area contributed by atoms with Gasteiger partial charge in [0.2, 0.25) is 0 Å². The summed E-state index contributed by atoms with van der Waals surface area (Å²) in [6.45, 7) is 8.36. The van der Waals surface area contributed by atoms with E-state index in [4.69, 9.17) is 10.2 Å². The Bertz CT molecular complexity index is 605. The number of rotatable bonds is 4. The molecule has 0 bridgehead atoms. The van der Waals surface area contributed by atoms with Crippen LogP contribution in [-0.4, -0.2) is 20.4 Å². The first-order chi connectivity index (χ1) is 11.3. The predicted octanol–water partition coefficient (Wildman–Crippen LogP) is 5.22. The van der Waals surface area contributed by atoms with Gasteiger partial charge in [-0.2, -0.15) is 0 Å². The van der Waals surface area contributed by atoms with Crippen LogP contribution >= 0.6 is 0 Å². The molecule has 0 heterocycles. The maximum Gasteiger partial charge on any atom is 0.157 e. The van der Waals surface area contributed by atoms with Crippen LogP contribution in [0.15, 0.2) is 36.4 Å². The molecule has 0 saturated heterocycles. The van der Waals surface area contributed by atoms with Crippen molar-refractivity contribution in [1.29, 1.82) is 0 Å². The fourth-order valence-electron chi connectivity index (χ4n) is 2.17. The van der Waals surface area contributed by atoms with Crippen molar-refractivity contribution in [3.63, 3.8) is 0 Å². The van der Waals surface area contributed by atoms with Crippen LogP contribution in [0, 0.1) is 88.1 Å². The summed E-state index contributed by atoms with van der Waals surface area (Å²) in [6, 6.07) is 9.95. The van der Waals surface area contributed by atoms with E-state index in [9.17, 15) is 10.2 Å². The van der Waals surface area contributed by atoms with E-state index in [1.54, 1.807) is 12.1 Å². The quantitative estimate of drug-likeness (QED) is 0.321. The van der Waals surface area contributed by atoms with Gasteiger partial charge in [-0.05, 0) is 60.1 Å². The van der Waals surface area contributed by atoms with E-state index in [2.05, 4.69) is 27.7 Å². The van der Waals surface area contributed by atoms with E-state index < -0.39 is 0 Å². The van der Waals surface area contributed by atoms with Gasteiger partial charge >= 0.3 is 0 Å². The van der Waals surface area contributed by atoms with Gasteiger partial charge in [-0.3, -0.25) is 0 Å². The monoisotopic (exact) mass is 786 g/mol. The van der Waals surface area contributed by atoms with E-state index in [-0.39, 0.29) is 111 Å². The van der Waals surface area contributed by atoms with Gasteiger partial charge < -0.3 is 20.4 Å². The first-order valence-electron chi connectivity index (χ1n) is 8.33. The molecule has 0 saturated carbocycles. The fourth-order valence-corrected chi connectivity index (χ4v) is 2.17. The van der Waals surface area contributed by atoms with Gasteiger partial charge in [0.25, 0.3) is 0 Å². The minimum Gasteiger partial charge on any atom is -0.504 e. The van der Waals surface area contributed by atoms with Crippen LogP contribution in [0.3, 0.4) is 0 Å². The first-order valence-corrected chi connectivity index (χ1v) is 8.33. The third-order valence-electron chi connectivity index (χ3n) is 4.36. The third kappa shape index (κ3) is 9.14. The number of benzene rings is 2. The Kier molecular flexibility index (Phi) is 16.0. The standard InChI is InChI=1S/2C10H14O2.2Ac/c2*1-3-7(2)8-4-5-9(11)10(12)6-8;;/h2*4-7,11-12H,3H2,1-2H3;;. The Labute approximate surface area is 228 Å². The normalized spacial score (nSPS) is 11.8. The number of hydrogen-bond donors (Lipinski definition) is 4. The molecule has 0 aliphatic rings. The third-order valence-corrected chi connectivity index (χ3v) is 4.36. The molecule has 0 amide bonds. The second kappa shape index (κ2) is 14.5. The molecule has 2 aromatic carbocycles. The van der Waals surface area contributed by atoms with E-state index in [0.29, 0.717) is 11.8 Å². The fraction of sp³-hybridized carbons (Fsp3) is 0.400. The zero-order chi connectivity index (χ0) is 18.3. The molecular formula is C20H28Ac2O4. The van der Waals surface area contributed by atoms with Crippen molar-refractivity contribution in [3.05, 3.63) is 47.5 Å². The second-order valence-electron chi connectivity index (χ2n) is 6.11. The average molecular weight is 786 g/mol. The molecule has 0 aliphatic carbocycles. The maximum absolute atomic E-state index is 9.19. The van der Waals surface area contributed by atoms with Crippen LogP contribution in [0.4, 0.5) is 0 Å². The minimum atomic E-state index is -0.0537. The van der Waals surface area contributed by atoms with Gasteiger partial charge in [-0.15, -0.1) is 0 Å². The number of hydrogen-bond acceptors (Lipinski definition) is 4. The number of phenols is 4. The molecule has 4 nitrogen and oxygen atoms in total. The molecule has 138 valence electrons. The first kappa shape index (κ1) is 28.7. The van der Waals surface area contributed by atoms with E-state index in [1.165, 1.54) is 12.1 Å². The van der Waals surface area contributed by atoms with Crippen molar-refractivity contribution in [2.45, 2.75) is 52.4 Å². The van der Waals surface area contributed by atoms with Crippen molar-refractivity contribution in [2.24, 2.45) is 0 Å². The zero-order valence-electron chi connectivity index (χ0n) is 16.0. The van der Waals surface area contributed by atoms with E-state index in [1.807, 2.05) is 12.1 Å².